The second-order valence-electron chi connectivity index (χ2n) is 7.21. The van der Waals surface area contributed by atoms with Crippen LogP contribution in [0, 0.1) is 0 Å². The van der Waals surface area contributed by atoms with E-state index < -0.39 is 0 Å². The van der Waals surface area contributed by atoms with Crippen molar-refractivity contribution in [3.63, 3.8) is 0 Å². The molecule has 3 aromatic rings. The number of carbonyl (C=O) groups is 1. The quantitative estimate of drug-likeness (QED) is 0.635. The second-order valence-corrected chi connectivity index (χ2v) is 7.21. The van der Waals surface area contributed by atoms with Crippen molar-refractivity contribution in [2.45, 2.75) is 20.4 Å². The summed E-state index contributed by atoms with van der Waals surface area (Å²) in [4.78, 5) is 17.0. The highest BCUT2D eigenvalue weighted by molar-refractivity contribution is 6.05. The largest absolute Gasteiger partial charge is 0.378 e. The summed E-state index contributed by atoms with van der Waals surface area (Å²) >= 11 is 0. The zero-order valence-corrected chi connectivity index (χ0v) is 17.3. The monoisotopic (exact) mass is 378 g/mol. The van der Waals surface area contributed by atoms with E-state index in [-0.39, 0.29) is 5.91 Å². The molecule has 1 heterocycles. The Kier molecular flexibility index (Phi) is 6.37. The van der Waals surface area contributed by atoms with Crippen LogP contribution >= 0.6 is 0 Å². The van der Waals surface area contributed by atoms with Crippen molar-refractivity contribution in [2.24, 2.45) is 0 Å². The number of nitrogens with one attached hydrogen (secondary N) is 1. The van der Waals surface area contributed by atoms with Gasteiger partial charge in [0.05, 0.1) is 0 Å². The van der Waals surface area contributed by atoms with E-state index in [0.29, 0.717) is 5.56 Å². The molecule has 0 bridgehead atoms. The third-order valence-electron chi connectivity index (χ3n) is 5.23. The summed E-state index contributed by atoms with van der Waals surface area (Å²) in [6, 6.07) is 15.8. The van der Waals surface area contributed by atoms with Crippen LogP contribution in [-0.2, 0) is 6.54 Å². The molecule has 0 spiro atoms. The molecule has 28 heavy (non-hydrogen) atoms. The van der Waals surface area contributed by atoms with Gasteiger partial charge in [0.25, 0.3) is 5.91 Å². The molecule has 1 amide bonds. The van der Waals surface area contributed by atoms with E-state index in [4.69, 9.17) is 0 Å². The highest BCUT2D eigenvalue weighted by Gasteiger charge is 2.09. The minimum Gasteiger partial charge on any atom is -0.378 e. The Bertz CT molecular complexity index is 923. The number of fused-ring (bicyclic) bond motifs is 1. The van der Waals surface area contributed by atoms with E-state index in [1.807, 2.05) is 55.4 Å². The van der Waals surface area contributed by atoms with Gasteiger partial charge in [-0.25, -0.2) is 0 Å². The van der Waals surface area contributed by atoms with Crippen LogP contribution in [0.1, 0.15) is 24.2 Å². The van der Waals surface area contributed by atoms with Crippen LogP contribution in [0.4, 0.5) is 11.4 Å². The van der Waals surface area contributed by atoms with Crippen molar-refractivity contribution in [3.8, 4) is 0 Å². The van der Waals surface area contributed by atoms with Gasteiger partial charge in [-0.1, -0.05) is 13.8 Å². The normalized spacial score (nSPS) is 11.2. The van der Waals surface area contributed by atoms with Crippen LogP contribution in [0.15, 0.2) is 54.7 Å². The number of hydrogen-bond acceptors (Lipinski definition) is 3. The zero-order valence-electron chi connectivity index (χ0n) is 17.3. The fourth-order valence-corrected chi connectivity index (χ4v) is 3.38. The predicted octanol–water partition coefficient (Wildman–Crippen LogP) is 4.30. The summed E-state index contributed by atoms with van der Waals surface area (Å²) in [5.74, 6) is -0.0920. The first-order valence-corrected chi connectivity index (χ1v) is 9.91. The van der Waals surface area contributed by atoms with Gasteiger partial charge in [0.2, 0.25) is 0 Å². The SMILES string of the molecule is CCN(CC)CCn1ccc2cc(NC(=O)c3ccc(N(C)C)cc3)ccc21. The Balaban J connectivity index is 1.69. The first kappa shape index (κ1) is 20.0. The van der Waals surface area contributed by atoms with Gasteiger partial charge in [0, 0.05) is 61.2 Å². The van der Waals surface area contributed by atoms with Gasteiger partial charge in [-0.05, 0) is 61.6 Å². The van der Waals surface area contributed by atoms with Crippen molar-refractivity contribution in [3.05, 3.63) is 60.3 Å². The number of benzene rings is 2. The molecule has 1 N–H and O–H groups in total. The molecule has 0 aliphatic heterocycles. The van der Waals surface area contributed by atoms with E-state index in [1.54, 1.807) is 0 Å². The van der Waals surface area contributed by atoms with Gasteiger partial charge in [-0.3, -0.25) is 4.79 Å². The summed E-state index contributed by atoms with van der Waals surface area (Å²) in [5.41, 5.74) is 3.74. The number of nitrogens with zero attached hydrogens (tertiary/aromatic N) is 3. The molecule has 0 aliphatic rings. The lowest BCUT2D eigenvalue weighted by Crippen LogP contribution is -2.26. The minimum absolute atomic E-state index is 0.0920. The minimum atomic E-state index is -0.0920. The van der Waals surface area contributed by atoms with E-state index >= 15 is 0 Å². The number of rotatable bonds is 8. The number of anilines is 2. The lowest BCUT2D eigenvalue weighted by Gasteiger charge is -2.18. The fraction of sp³-hybridized carbons (Fsp3) is 0.348. The molecule has 2 aromatic carbocycles. The van der Waals surface area contributed by atoms with Crippen molar-refractivity contribution >= 4 is 28.2 Å². The average molecular weight is 379 g/mol. The van der Waals surface area contributed by atoms with Crippen molar-refractivity contribution in [1.29, 1.82) is 0 Å². The lowest BCUT2D eigenvalue weighted by atomic mass is 10.1. The molecule has 0 saturated carbocycles. The number of hydrogen-bond donors (Lipinski definition) is 1. The zero-order chi connectivity index (χ0) is 20.1. The second kappa shape index (κ2) is 8.93. The molecule has 0 atom stereocenters. The van der Waals surface area contributed by atoms with Crippen molar-refractivity contribution < 1.29 is 4.79 Å². The summed E-state index contributed by atoms with van der Waals surface area (Å²) in [7, 11) is 3.97. The summed E-state index contributed by atoms with van der Waals surface area (Å²) in [6.45, 7) is 8.54. The smallest absolute Gasteiger partial charge is 0.255 e. The molecule has 0 saturated heterocycles. The number of aromatic nitrogens is 1. The Morgan fingerprint density at radius 1 is 1.00 bits per heavy atom. The molecule has 0 fully saturated rings. The number of likely N-dealkylation sites (N-methyl/N-ethyl adjacent to an activating group) is 1. The van der Waals surface area contributed by atoms with Crippen LogP contribution < -0.4 is 10.2 Å². The summed E-state index contributed by atoms with van der Waals surface area (Å²) in [5, 5.41) is 4.15. The first-order chi connectivity index (χ1) is 13.5. The van der Waals surface area contributed by atoms with Gasteiger partial charge in [0.1, 0.15) is 0 Å². The van der Waals surface area contributed by atoms with Crippen molar-refractivity contribution in [1.82, 2.24) is 9.47 Å². The highest BCUT2D eigenvalue weighted by atomic mass is 16.1. The maximum absolute atomic E-state index is 12.5. The summed E-state index contributed by atoms with van der Waals surface area (Å²) in [6.07, 6.45) is 2.12. The molecular formula is C23H30N4O. The molecule has 5 heteroatoms. The molecule has 148 valence electrons. The van der Waals surface area contributed by atoms with Crippen LogP contribution in [0.3, 0.4) is 0 Å². The standard InChI is InChI=1S/C23H30N4O/c1-5-26(6-2)15-16-27-14-13-19-17-20(9-12-22(19)27)24-23(28)18-7-10-21(11-8-18)25(3)4/h7-14,17H,5-6,15-16H2,1-4H3,(H,24,28). The van der Waals surface area contributed by atoms with Gasteiger partial charge >= 0.3 is 0 Å². The summed E-state index contributed by atoms with van der Waals surface area (Å²) < 4.78 is 2.28. The maximum Gasteiger partial charge on any atom is 0.255 e. The van der Waals surface area contributed by atoms with Gasteiger partial charge in [0.15, 0.2) is 0 Å². The molecule has 0 aliphatic carbocycles. The molecule has 1 aromatic heterocycles. The van der Waals surface area contributed by atoms with Crippen LogP contribution in [0.2, 0.25) is 0 Å². The molecule has 0 radical (unpaired) electrons. The molecule has 3 rings (SSSR count). The van der Waals surface area contributed by atoms with Crippen LogP contribution in [-0.4, -0.2) is 49.1 Å². The van der Waals surface area contributed by atoms with E-state index in [2.05, 4.69) is 47.0 Å². The van der Waals surface area contributed by atoms with Gasteiger partial charge in [-0.2, -0.15) is 0 Å². The molecular weight excluding hydrogens is 348 g/mol. The predicted molar refractivity (Wildman–Crippen MR) is 118 cm³/mol. The average Bonchev–Trinajstić information content (AvgIpc) is 3.11. The van der Waals surface area contributed by atoms with Crippen molar-refractivity contribution in [2.75, 3.05) is 43.9 Å². The van der Waals surface area contributed by atoms with Gasteiger partial charge < -0.3 is 19.7 Å². The lowest BCUT2D eigenvalue weighted by molar-refractivity contribution is 0.102. The maximum atomic E-state index is 12.5. The van der Waals surface area contributed by atoms with E-state index in [1.165, 1.54) is 5.52 Å². The number of carbonyl (C=O) groups excluding carboxylic acids is 1. The molecule has 0 unspecified atom stereocenters. The Morgan fingerprint density at radius 2 is 1.71 bits per heavy atom. The third-order valence-corrected chi connectivity index (χ3v) is 5.23. The van der Waals surface area contributed by atoms with E-state index in [0.717, 1.165) is 42.9 Å². The van der Waals surface area contributed by atoms with Crippen LogP contribution in [0.5, 0.6) is 0 Å². The Morgan fingerprint density at radius 3 is 2.36 bits per heavy atom. The Labute approximate surface area is 167 Å². The third kappa shape index (κ3) is 4.54. The number of amides is 1. The van der Waals surface area contributed by atoms with Gasteiger partial charge in [-0.15, -0.1) is 0 Å². The van der Waals surface area contributed by atoms with Crippen LogP contribution in [0.25, 0.3) is 10.9 Å². The molecule has 5 nitrogen and oxygen atoms in total. The topological polar surface area (TPSA) is 40.5 Å². The van der Waals surface area contributed by atoms with E-state index in [9.17, 15) is 4.79 Å². The first-order valence-electron chi connectivity index (χ1n) is 9.91. The Hall–Kier alpha value is -2.79. The highest BCUT2D eigenvalue weighted by Crippen LogP contribution is 2.21. The fourth-order valence-electron chi connectivity index (χ4n) is 3.38.